The fourth-order valence-corrected chi connectivity index (χ4v) is 2.91. The van der Waals surface area contributed by atoms with E-state index in [0.29, 0.717) is 12.3 Å². The number of carbonyl (C=O) groups excluding carboxylic acids is 1. The van der Waals surface area contributed by atoms with E-state index in [1.165, 1.54) is 0 Å². The predicted molar refractivity (Wildman–Crippen MR) is 66.8 cm³/mol. The quantitative estimate of drug-likeness (QED) is 0.775. The topological polar surface area (TPSA) is 50.4 Å². The van der Waals surface area contributed by atoms with E-state index in [0.717, 1.165) is 39.0 Å². The summed E-state index contributed by atoms with van der Waals surface area (Å²) in [6.07, 6.45) is 3.61. The van der Waals surface area contributed by atoms with Crippen molar-refractivity contribution in [1.29, 1.82) is 0 Å². The molecule has 0 aliphatic carbocycles. The van der Waals surface area contributed by atoms with Gasteiger partial charge in [-0.15, -0.1) is 0 Å². The Morgan fingerprint density at radius 1 is 1.47 bits per heavy atom. The van der Waals surface area contributed by atoms with E-state index in [4.69, 9.17) is 4.74 Å². The molecule has 0 aromatic heterocycles. The number of hydrogen-bond donors (Lipinski definition) is 2. The first-order valence-electron chi connectivity index (χ1n) is 6.76. The summed E-state index contributed by atoms with van der Waals surface area (Å²) in [5, 5.41) is 6.53. The lowest BCUT2D eigenvalue weighted by Gasteiger charge is -2.38. The van der Waals surface area contributed by atoms with Gasteiger partial charge < -0.3 is 15.4 Å². The summed E-state index contributed by atoms with van der Waals surface area (Å²) in [5.74, 6) is 0.592. The number of rotatable bonds is 3. The monoisotopic (exact) mass is 240 g/mol. The van der Waals surface area contributed by atoms with Gasteiger partial charge in [0.25, 0.3) is 0 Å². The van der Waals surface area contributed by atoms with Crippen molar-refractivity contribution in [2.24, 2.45) is 5.92 Å². The zero-order valence-corrected chi connectivity index (χ0v) is 10.9. The highest BCUT2D eigenvalue weighted by Crippen LogP contribution is 2.34. The number of carbonyl (C=O) groups is 1. The molecule has 2 rings (SSSR count). The minimum atomic E-state index is -0.0854. The van der Waals surface area contributed by atoms with Gasteiger partial charge in [0.2, 0.25) is 5.91 Å². The molecule has 1 unspecified atom stereocenters. The molecular formula is C13H24N2O2. The van der Waals surface area contributed by atoms with E-state index < -0.39 is 0 Å². The zero-order chi connectivity index (χ0) is 12.3. The van der Waals surface area contributed by atoms with Crippen LogP contribution in [0.25, 0.3) is 0 Å². The molecule has 0 aromatic carbocycles. The van der Waals surface area contributed by atoms with Crippen molar-refractivity contribution < 1.29 is 9.53 Å². The van der Waals surface area contributed by atoms with E-state index in [1.807, 2.05) is 0 Å². The molecule has 2 heterocycles. The van der Waals surface area contributed by atoms with Gasteiger partial charge in [0, 0.05) is 13.0 Å². The van der Waals surface area contributed by atoms with E-state index in [1.54, 1.807) is 0 Å². The van der Waals surface area contributed by atoms with Gasteiger partial charge in [-0.05, 0) is 38.3 Å². The number of hydrogen-bond acceptors (Lipinski definition) is 3. The maximum Gasteiger partial charge on any atom is 0.220 e. The van der Waals surface area contributed by atoms with Crippen LogP contribution in [0, 0.1) is 5.92 Å². The van der Waals surface area contributed by atoms with Gasteiger partial charge >= 0.3 is 0 Å². The normalized spacial score (nSPS) is 27.6. The molecule has 4 heteroatoms. The summed E-state index contributed by atoms with van der Waals surface area (Å²) < 4.78 is 5.95. The van der Waals surface area contributed by atoms with E-state index >= 15 is 0 Å². The average molecular weight is 240 g/mol. The van der Waals surface area contributed by atoms with Gasteiger partial charge in [-0.3, -0.25) is 4.79 Å². The lowest BCUT2D eigenvalue weighted by atomic mass is 9.85. The van der Waals surface area contributed by atoms with Crippen LogP contribution in [-0.4, -0.2) is 37.2 Å². The fourth-order valence-electron chi connectivity index (χ4n) is 2.91. The van der Waals surface area contributed by atoms with Crippen molar-refractivity contribution >= 4 is 5.91 Å². The number of amides is 1. The summed E-state index contributed by atoms with van der Waals surface area (Å²) in [7, 11) is 0. The molecular weight excluding hydrogens is 216 g/mol. The molecule has 2 fully saturated rings. The average Bonchev–Trinajstić information content (AvgIpc) is 2.61. The summed E-state index contributed by atoms with van der Waals surface area (Å²) in [5.41, 5.74) is -0.0854. The van der Waals surface area contributed by atoms with E-state index in [9.17, 15) is 4.79 Å². The Bertz CT molecular complexity index is 273. The Kier molecular flexibility index (Phi) is 4.05. The molecule has 1 spiro atoms. The predicted octanol–water partition coefficient (Wildman–Crippen LogP) is 1.06. The first kappa shape index (κ1) is 12.8. The molecule has 0 aromatic rings. The molecule has 0 saturated carbocycles. The minimum absolute atomic E-state index is 0.0854. The third-order valence-electron chi connectivity index (χ3n) is 3.81. The largest absolute Gasteiger partial charge is 0.373 e. The Morgan fingerprint density at radius 3 is 2.82 bits per heavy atom. The molecule has 2 saturated heterocycles. The number of nitrogens with one attached hydrogen (secondary N) is 2. The molecule has 2 aliphatic heterocycles. The van der Waals surface area contributed by atoms with E-state index in [-0.39, 0.29) is 17.6 Å². The van der Waals surface area contributed by atoms with Gasteiger partial charge in [-0.25, -0.2) is 0 Å². The van der Waals surface area contributed by atoms with Crippen LogP contribution in [0.15, 0.2) is 0 Å². The van der Waals surface area contributed by atoms with Crippen LogP contribution in [0.3, 0.4) is 0 Å². The second-order valence-corrected chi connectivity index (χ2v) is 5.67. The van der Waals surface area contributed by atoms with Crippen LogP contribution >= 0.6 is 0 Å². The minimum Gasteiger partial charge on any atom is -0.373 e. The molecule has 0 radical (unpaired) electrons. The van der Waals surface area contributed by atoms with Gasteiger partial charge in [0.1, 0.15) is 0 Å². The highest BCUT2D eigenvalue weighted by atomic mass is 16.5. The third kappa shape index (κ3) is 2.99. The maximum atomic E-state index is 11.9. The Balaban J connectivity index is 1.92. The van der Waals surface area contributed by atoms with Crippen LogP contribution in [-0.2, 0) is 9.53 Å². The second-order valence-electron chi connectivity index (χ2n) is 5.67. The molecule has 98 valence electrons. The Hall–Kier alpha value is -0.610. The maximum absolute atomic E-state index is 11.9. The summed E-state index contributed by atoms with van der Waals surface area (Å²) in [6, 6.07) is 0.218. The standard InChI is InChI=1S/C13H24N2O2/c1-10(2)9-12(16)15-11-3-8-17-13(11)4-6-14-7-5-13/h10-11,14H,3-9H2,1-2H3,(H,15,16). The molecule has 1 atom stereocenters. The lowest BCUT2D eigenvalue weighted by molar-refractivity contribution is -0.124. The molecule has 17 heavy (non-hydrogen) atoms. The van der Waals surface area contributed by atoms with Crippen molar-refractivity contribution in [2.75, 3.05) is 19.7 Å². The van der Waals surface area contributed by atoms with Crippen LogP contribution in [0.4, 0.5) is 0 Å². The zero-order valence-electron chi connectivity index (χ0n) is 10.9. The van der Waals surface area contributed by atoms with Crippen molar-refractivity contribution in [1.82, 2.24) is 10.6 Å². The molecule has 2 aliphatic rings. The van der Waals surface area contributed by atoms with Gasteiger partial charge in [0.15, 0.2) is 0 Å². The van der Waals surface area contributed by atoms with Gasteiger partial charge in [-0.1, -0.05) is 13.8 Å². The molecule has 4 nitrogen and oxygen atoms in total. The van der Waals surface area contributed by atoms with Gasteiger partial charge in [-0.2, -0.15) is 0 Å². The van der Waals surface area contributed by atoms with Crippen LogP contribution in [0.1, 0.15) is 39.5 Å². The lowest BCUT2D eigenvalue weighted by Crippen LogP contribution is -2.54. The van der Waals surface area contributed by atoms with Gasteiger partial charge in [0.05, 0.1) is 11.6 Å². The summed E-state index contributed by atoms with van der Waals surface area (Å²) in [6.45, 7) is 6.93. The Morgan fingerprint density at radius 2 is 2.18 bits per heavy atom. The first-order chi connectivity index (χ1) is 8.12. The second kappa shape index (κ2) is 5.36. The van der Waals surface area contributed by atoms with Crippen molar-refractivity contribution in [3.63, 3.8) is 0 Å². The van der Waals surface area contributed by atoms with Crippen LogP contribution in [0.5, 0.6) is 0 Å². The van der Waals surface area contributed by atoms with Crippen LogP contribution < -0.4 is 10.6 Å². The van der Waals surface area contributed by atoms with Crippen LogP contribution in [0.2, 0.25) is 0 Å². The van der Waals surface area contributed by atoms with E-state index in [2.05, 4.69) is 24.5 Å². The third-order valence-corrected chi connectivity index (χ3v) is 3.81. The molecule has 0 bridgehead atoms. The SMILES string of the molecule is CC(C)CC(=O)NC1CCOC12CCNCC2. The fraction of sp³-hybridized carbons (Fsp3) is 0.923. The smallest absolute Gasteiger partial charge is 0.220 e. The molecule has 1 amide bonds. The van der Waals surface area contributed by atoms with Crippen molar-refractivity contribution in [2.45, 2.75) is 51.2 Å². The summed E-state index contributed by atoms with van der Waals surface area (Å²) in [4.78, 5) is 11.9. The molecule has 2 N–H and O–H groups in total. The van der Waals surface area contributed by atoms with Crippen molar-refractivity contribution in [3.8, 4) is 0 Å². The summed E-state index contributed by atoms with van der Waals surface area (Å²) >= 11 is 0. The van der Waals surface area contributed by atoms with Crippen molar-refractivity contribution in [3.05, 3.63) is 0 Å². The Labute approximate surface area is 103 Å². The first-order valence-corrected chi connectivity index (χ1v) is 6.76. The highest BCUT2D eigenvalue weighted by Gasteiger charge is 2.45. The highest BCUT2D eigenvalue weighted by molar-refractivity contribution is 5.76. The number of piperidine rings is 1. The number of ether oxygens (including phenoxy) is 1.